The minimum absolute atomic E-state index is 0.146. The molecule has 0 radical (unpaired) electrons. The lowest BCUT2D eigenvalue weighted by atomic mass is 9.78. The summed E-state index contributed by atoms with van der Waals surface area (Å²) in [5, 5.41) is 0. The first kappa shape index (κ1) is 12.4. The second kappa shape index (κ2) is 5.22. The number of esters is 1. The number of hydrogen-bond acceptors (Lipinski definition) is 3. The third-order valence-electron chi connectivity index (χ3n) is 2.72. The zero-order valence-corrected chi connectivity index (χ0v) is 9.09. The van der Waals surface area contributed by atoms with Crippen LogP contribution in [0.5, 0.6) is 0 Å². The molecular weight excluding hydrogens is 166 g/mol. The standard InChI is InChI=1S/C10H21NO2/c1-5-8(2)10(3,4)9(12)13-7-6-11/h8H,5-7,11H2,1-4H3. The Morgan fingerprint density at radius 2 is 2.08 bits per heavy atom. The molecule has 0 aromatic carbocycles. The number of carbonyl (C=O) groups excluding carboxylic acids is 1. The van der Waals surface area contributed by atoms with Crippen LogP contribution in [0.25, 0.3) is 0 Å². The Morgan fingerprint density at radius 1 is 1.54 bits per heavy atom. The highest BCUT2D eigenvalue weighted by Gasteiger charge is 2.34. The first-order valence-corrected chi connectivity index (χ1v) is 4.84. The summed E-state index contributed by atoms with van der Waals surface area (Å²) in [6.45, 7) is 8.67. The fourth-order valence-corrected chi connectivity index (χ4v) is 1.05. The van der Waals surface area contributed by atoms with Gasteiger partial charge in [0.05, 0.1) is 5.41 Å². The van der Waals surface area contributed by atoms with Gasteiger partial charge < -0.3 is 10.5 Å². The quantitative estimate of drug-likeness (QED) is 0.664. The van der Waals surface area contributed by atoms with Gasteiger partial charge in [-0.2, -0.15) is 0 Å². The average Bonchev–Trinajstić information content (AvgIpc) is 2.12. The van der Waals surface area contributed by atoms with Gasteiger partial charge in [0.25, 0.3) is 0 Å². The van der Waals surface area contributed by atoms with Gasteiger partial charge in [-0.25, -0.2) is 0 Å². The SMILES string of the molecule is CCC(C)C(C)(C)C(=O)OCCN. The van der Waals surface area contributed by atoms with E-state index in [1.165, 1.54) is 0 Å². The number of hydrogen-bond donors (Lipinski definition) is 1. The van der Waals surface area contributed by atoms with Crippen LogP contribution in [0.4, 0.5) is 0 Å². The van der Waals surface area contributed by atoms with Crippen molar-refractivity contribution in [3.63, 3.8) is 0 Å². The van der Waals surface area contributed by atoms with Gasteiger partial charge in [-0.15, -0.1) is 0 Å². The van der Waals surface area contributed by atoms with E-state index in [4.69, 9.17) is 10.5 Å². The molecule has 0 spiro atoms. The molecular formula is C10H21NO2. The Morgan fingerprint density at radius 3 is 2.46 bits per heavy atom. The molecule has 3 heteroatoms. The topological polar surface area (TPSA) is 52.3 Å². The Hall–Kier alpha value is -0.570. The van der Waals surface area contributed by atoms with Crippen LogP contribution in [0.1, 0.15) is 34.1 Å². The van der Waals surface area contributed by atoms with Crippen LogP contribution in [-0.4, -0.2) is 19.1 Å². The molecule has 0 saturated heterocycles. The van der Waals surface area contributed by atoms with Crippen molar-refractivity contribution in [1.82, 2.24) is 0 Å². The van der Waals surface area contributed by atoms with Crippen LogP contribution in [0.3, 0.4) is 0 Å². The molecule has 0 fully saturated rings. The molecule has 0 heterocycles. The third-order valence-corrected chi connectivity index (χ3v) is 2.72. The van der Waals surface area contributed by atoms with Crippen molar-refractivity contribution in [3.05, 3.63) is 0 Å². The maximum absolute atomic E-state index is 11.5. The first-order valence-electron chi connectivity index (χ1n) is 4.84. The van der Waals surface area contributed by atoms with Gasteiger partial charge >= 0.3 is 5.97 Å². The van der Waals surface area contributed by atoms with E-state index in [1.54, 1.807) is 0 Å². The van der Waals surface area contributed by atoms with Crippen LogP contribution in [0.2, 0.25) is 0 Å². The Kier molecular flexibility index (Phi) is 4.99. The molecule has 0 aromatic heterocycles. The summed E-state index contributed by atoms with van der Waals surface area (Å²) >= 11 is 0. The molecule has 2 N–H and O–H groups in total. The third kappa shape index (κ3) is 3.35. The van der Waals surface area contributed by atoms with Gasteiger partial charge in [0.15, 0.2) is 0 Å². The van der Waals surface area contributed by atoms with Crippen molar-refractivity contribution in [2.24, 2.45) is 17.1 Å². The monoisotopic (exact) mass is 187 g/mol. The van der Waals surface area contributed by atoms with Gasteiger partial charge in [-0.3, -0.25) is 4.79 Å². The van der Waals surface area contributed by atoms with Crippen molar-refractivity contribution >= 4 is 5.97 Å². The lowest BCUT2D eigenvalue weighted by Gasteiger charge is -2.28. The van der Waals surface area contributed by atoms with Crippen LogP contribution in [-0.2, 0) is 9.53 Å². The Labute approximate surface area is 80.6 Å². The molecule has 0 amide bonds. The number of carbonyl (C=O) groups is 1. The summed E-state index contributed by atoms with van der Waals surface area (Å²) in [7, 11) is 0. The highest BCUT2D eigenvalue weighted by atomic mass is 16.5. The fourth-order valence-electron chi connectivity index (χ4n) is 1.05. The molecule has 0 rings (SSSR count). The van der Waals surface area contributed by atoms with E-state index in [2.05, 4.69) is 13.8 Å². The summed E-state index contributed by atoms with van der Waals surface area (Å²) in [5.41, 5.74) is 4.85. The predicted octanol–water partition coefficient (Wildman–Crippen LogP) is 1.56. The number of rotatable bonds is 5. The van der Waals surface area contributed by atoms with Gasteiger partial charge in [0.2, 0.25) is 0 Å². The van der Waals surface area contributed by atoms with Gasteiger partial charge in [-0.05, 0) is 19.8 Å². The molecule has 0 saturated carbocycles. The van der Waals surface area contributed by atoms with E-state index in [0.29, 0.717) is 19.1 Å². The van der Waals surface area contributed by atoms with Crippen LogP contribution < -0.4 is 5.73 Å². The van der Waals surface area contributed by atoms with E-state index in [-0.39, 0.29) is 5.97 Å². The predicted molar refractivity (Wildman–Crippen MR) is 53.2 cm³/mol. The summed E-state index contributed by atoms with van der Waals surface area (Å²) in [6.07, 6.45) is 0.977. The molecule has 0 aliphatic carbocycles. The fraction of sp³-hybridized carbons (Fsp3) is 0.900. The second-order valence-electron chi connectivity index (χ2n) is 3.96. The van der Waals surface area contributed by atoms with Crippen molar-refractivity contribution in [3.8, 4) is 0 Å². The number of ether oxygens (including phenoxy) is 1. The molecule has 13 heavy (non-hydrogen) atoms. The highest BCUT2D eigenvalue weighted by molar-refractivity contribution is 5.76. The van der Waals surface area contributed by atoms with E-state index in [9.17, 15) is 4.79 Å². The maximum atomic E-state index is 11.5. The van der Waals surface area contributed by atoms with Gasteiger partial charge in [-0.1, -0.05) is 20.3 Å². The van der Waals surface area contributed by atoms with Gasteiger partial charge in [0, 0.05) is 6.54 Å². The van der Waals surface area contributed by atoms with Crippen molar-refractivity contribution in [1.29, 1.82) is 0 Å². The van der Waals surface area contributed by atoms with Crippen LogP contribution >= 0.6 is 0 Å². The normalized spacial score (nSPS) is 13.9. The minimum Gasteiger partial charge on any atom is -0.464 e. The Bertz CT molecular complexity index is 166. The molecule has 0 bridgehead atoms. The molecule has 0 aliphatic heterocycles. The smallest absolute Gasteiger partial charge is 0.311 e. The van der Waals surface area contributed by atoms with Crippen molar-refractivity contribution < 1.29 is 9.53 Å². The first-order chi connectivity index (χ1) is 5.96. The molecule has 0 aromatic rings. The zero-order chi connectivity index (χ0) is 10.5. The zero-order valence-electron chi connectivity index (χ0n) is 9.09. The van der Waals surface area contributed by atoms with E-state index in [0.717, 1.165) is 6.42 Å². The van der Waals surface area contributed by atoms with E-state index in [1.807, 2.05) is 13.8 Å². The maximum Gasteiger partial charge on any atom is 0.311 e. The van der Waals surface area contributed by atoms with E-state index >= 15 is 0 Å². The molecule has 0 aliphatic rings. The molecule has 1 atom stereocenters. The molecule has 1 unspecified atom stereocenters. The lowest BCUT2D eigenvalue weighted by molar-refractivity contribution is -0.156. The average molecular weight is 187 g/mol. The highest BCUT2D eigenvalue weighted by Crippen LogP contribution is 2.30. The molecule has 3 nitrogen and oxygen atoms in total. The second-order valence-corrected chi connectivity index (χ2v) is 3.96. The van der Waals surface area contributed by atoms with E-state index < -0.39 is 5.41 Å². The summed E-state index contributed by atoms with van der Waals surface area (Å²) < 4.78 is 5.02. The van der Waals surface area contributed by atoms with Gasteiger partial charge in [0.1, 0.15) is 6.61 Å². The number of nitrogens with two attached hydrogens (primary N) is 1. The lowest BCUT2D eigenvalue weighted by Crippen LogP contribution is -2.34. The summed E-state index contributed by atoms with van der Waals surface area (Å²) in [5.74, 6) is 0.185. The summed E-state index contributed by atoms with van der Waals surface area (Å²) in [4.78, 5) is 11.5. The Balaban J connectivity index is 4.18. The minimum atomic E-state index is -0.399. The summed E-state index contributed by atoms with van der Waals surface area (Å²) in [6, 6.07) is 0. The van der Waals surface area contributed by atoms with Crippen molar-refractivity contribution in [2.75, 3.05) is 13.2 Å². The van der Waals surface area contributed by atoms with Crippen LogP contribution in [0, 0.1) is 11.3 Å². The van der Waals surface area contributed by atoms with Crippen molar-refractivity contribution in [2.45, 2.75) is 34.1 Å². The largest absolute Gasteiger partial charge is 0.464 e. The molecule has 78 valence electrons. The van der Waals surface area contributed by atoms with Crippen LogP contribution in [0.15, 0.2) is 0 Å².